The van der Waals surface area contributed by atoms with E-state index in [1.807, 2.05) is 30.3 Å². The first-order chi connectivity index (χ1) is 14.5. The molecule has 2 rings (SSSR count). The highest BCUT2D eigenvalue weighted by Gasteiger charge is 2.24. The monoisotopic (exact) mass is 413 g/mol. The Kier molecular flexibility index (Phi) is 10.6. The van der Waals surface area contributed by atoms with E-state index in [9.17, 15) is 9.59 Å². The third-order valence-electron chi connectivity index (χ3n) is 6.28. The molecule has 166 valence electrons. The molecule has 2 atom stereocenters. The topological polar surface area (TPSA) is 84.6 Å². The number of carbonyl (C=O) groups is 2. The van der Waals surface area contributed by atoms with Gasteiger partial charge in [0, 0.05) is 12.8 Å². The fraction of sp³-hybridized carbons (Fsp3) is 0.640. The number of aliphatic imine (C=N–C) groups is 1. The number of ketones is 1. The lowest BCUT2D eigenvalue weighted by Crippen LogP contribution is -2.39. The number of carbonyl (C=O) groups excluding carboxylic acids is 2. The van der Waals surface area contributed by atoms with Crippen molar-refractivity contribution in [1.82, 2.24) is 5.32 Å². The summed E-state index contributed by atoms with van der Waals surface area (Å²) in [5.74, 6) is 1.13. The molecule has 5 heteroatoms. The van der Waals surface area contributed by atoms with Crippen LogP contribution in [-0.4, -0.2) is 23.7 Å². The number of hydrogen-bond donors (Lipinski definition) is 2. The van der Waals surface area contributed by atoms with Crippen molar-refractivity contribution in [2.24, 2.45) is 22.6 Å². The maximum Gasteiger partial charge on any atom is 0.226 e. The summed E-state index contributed by atoms with van der Waals surface area (Å²) in [6.07, 6.45) is 10.3. The maximum absolute atomic E-state index is 12.9. The molecule has 1 aromatic carbocycles. The van der Waals surface area contributed by atoms with E-state index >= 15 is 0 Å². The fourth-order valence-electron chi connectivity index (χ4n) is 4.06. The molecule has 3 N–H and O–H groups in total. The first kappa shape index (κ1) is 24.1. The number of benzene rings is 1. The van der Waals surface area contributed by atoms with Crippen LogP contribution < -0.4 is 11.1 Å². The van der Waals surface area contributed by atoms with E-state index in [0.717, 1.165) is 37.7 Å². The van der Waals surface area contributed by atoms with E-state index in [1.165, 1.54) is 19.3 Å². The number of nitrogens with two attached hydrogens (primary N) is 1. The Balaban J connectivity index is 1.93. The third kappa shape index (κ3) is 9.10. The second-order valence-electron chi connectivity index (χ2n) is 8.82. The predicted molar refractivity (Wildman–Crippen MR) is 123 cm³/mol. The summed E-state index contributed by atoms with van der Waals surface area (Å²) < 4.78 is 0. The van der Waals surface area contributed by atoms with Crippen LogP contribution in [-0.2, 0) is 16.0 Å². The van der Waals surface area contributed by atoms with Crippen LogP contribution in [0.5, 0.6) is 0 Å². The molecule has 5 nitrogen and oxygen atoms in total. The highest BCUT2D eigenvalue weighted by Crippen LogP contribution is 2.29. The average molecular weight is 414 g/mol. The normalized spacial score (nSPS) is 17.3. The lowest BCUT2D eigenvalue weighted by Gasteiger charge is -2.24. The molecule has 0 aliphatic heterocycles. The van der Waals surface area contributed by atoms with E-state index in [4.69, 9.17) is 5.73 Å². The number of nitrogens with zero attached hydrogens (tertiary/aromatic N) is 1. The van der Waals surface area contributed by atoms with Crippen LogP contribution in [0.15, 0.2) is 35.3 Å². The summed E-state index contributed by atoms with van der Waals surface area (Å²) in [4.78, 5) is 29.6. The van der Waals surface area contributed by atoms with Crippen LogP contribution in [0.2, 0.25) is 0 Å². The Labute approximate surface area is 181 Å². The van der Waals surface area contributed by atoms with Gasteiger partial charge in [-0.25, -0.2) is 4.99 Å². The van der Waals surface area contributed by atoms with Gasteiger partial charge in [0.1, 0.15) is 6.04 Å². The number of aryl methyl sites for hydroxylation is 1. The predicted octanol–water partition coefficient (Wildman–Crippen LogP) is 4.78. The van der Waals surface area contributed by atoms with Crippen molar-refractivity contribution in [3.8, 4) is 0 Å². The van der Waals surface area contributed by atoms with Gasteiger partial charge in [0.2, 0.25) is 5.91 Å². The van der Waals surface area contributed by atoms with Crippen molar-refractivity contribution in [1.29, 1.82) is 0 Å². The smallest absolute Gasteiger partial charge is 0.226 e. The number of amides is 1. The molecule has 1 amide bonds. The van der Waals surface area contributed by atoms with Gasteiger partial charge in [-0.1, -0.05) is 82.7 Å². The molecule has 0 saturated heterocycles. The van der Waals surface area contributed by atoms with Crippen LogP contribution in [0.1, 0.15) is 83.6 Å². The number of hydrogen-bond acceptors (Lipinski definition) is 3. The van der Waals surface area contributed by atoms with Crippen LogP contribution in [0, 0.1) is 11.8 Å². The molecule has 0 bridgehead atoms. The minimum Gasteiger partial charge on any atom is -0.370 e. The molecule has 1 saturated carbocycles. The van der Waals surface area contributed by atoms with E-state index in [1.54, 1.807) is 0 Å². The molecule has 0 unspecified atom stereocenters. The molecule has 1 aliphatic carbocycles. The summed E-state index contributed by atoms with van der Waals surface area (Å²) in [5, 5.41) is 2.69. The molecular formula is C25H39N3O2. The first-order valence-electron chi connectivity index (χ1n) is 11.7. The quantitative estimate of drug-likeness (QED) is 0.404. The van der Waals surface area contributed by atoms with Gasteiger partial charge in [-0.2, -0.15) is 0 Å². The van der Waals surface area contributed by atoms with Crippen molar-refractivity contribution < 1.29 is 9.59 Å². The van der Waals surface area contributed by atoms with Gasteiger partial charge in [0.05, 0.1) is 0 Å². The fourth-order valence-corrected chi connectivity index (χ4v) is 4.06. The van der Waals surface area contributed by atoms with Gasteiger partial charge in [-0.15, -0.1) is 0 Å². The summed E-state index contributed by atoms with van der Waals surface area (Å²) in [7, 11) is 0. The minimum absolute atomic E-state index is 0.0748. The largest absolute Gasteiger partial charge is 0.370 e. The molecule has 1 fully saturated rings. The summed E-state index contributed by atoms with van der Waals surface area (Å²) >= 11 is 0. The number of guanidine groups is 1. The standard InChI is InChI=1S/C25H39N3O2/c1-3-19(2)14-16-23(29)22(18-21-12-8-5-9-13-21)27-25(26)28-24(30)17-15-20-10-6-4-7-11-20/h4,6-7,10-11,19,21-22H,3,5,8-9,12-18H2,1-2H3,(H3,26,27,28,30)/t19-,22+/m0/s1. The van der Waals surface area contributed by atoms with E-state index < -0.39 is 6.04 Å². The van der Waals surface area contributed by atoms with E-state index in [-0.39, 0.29) is 17.6 Å². The summed E-state index contributed by atoms with van der Waals surface area (Å²) in [6, 6.07) is 9.45. The molecule has 1 aliphatic rings. The lowest BCUT2D eigenvalue weighted by molar-refractivity contribution is -0.121. The van der Waals surface area contributed by atoms with E-state index in [2.05, 4.69) is 24.2 Å². The minimum atomic E-state index is -0.438. The van der Waals surface area contributed by atoms with Crippen LogP contribution in [0.25, 0.3) is 0 Å². The van der Waals surface area contributed by atoms with Crippen LogP contribution in [0.3, 0.4) is 0 Å². The molecule has 30 heavy (non-hydrogen) atoms. The van der Waals surface area contributed by atoms with Crippen molar-refractivity contribution >= 4 is 17.6 Å². The highest BCUT2D eigenvalue weighted by atomic mass is 16.1. The highest BCUT2D eigenvalue weighted by molar-refractivity contribution is 5.97. The molecule has 0 radical (unpaired) electrons. The zero-order valence-corrected chi connectivity index (χ0v) is 18.7. The lowest BCUT2D eigenvalue weighted by atomic mass is 9.83. The SMILES string of the molecule is CC[C@H](C)CCC(=O)[C@@H](CC1CCCCC1)N=C(N)NC(=O)CCc1ccccc1. The Morgan fingerprint density at radius 2 is 1.83 bits per heavy atom. The number of rotatable bonds is 11. The molecule has 0 aromatic heterocycles. The number of Topliss-reactive ketones (excluding diaryl/α,β-unsaturated/α-hetero) is 1. The Morgan fingerprint density at radius 3 is 2.50 bits per heavy atom. The number of nitrogens with one attached hydrogen (secondary N) is 1. The molecule has 0 heterocycles. The van der Waals surface area contributed by atoms with Gasteiger partial charge in [0.15, 0.2) is 11.7 Å². The van der Waals surface area contributed by atoms with Gasteiger partial charge in [-0.05, 0) is 36.7 Å². The first-order valence-corrected chi connectivity index (χ1v) is 11.7. The van der Waals surface area contributed by atoms with Crippen molar-refractivity contribution in [3.63, 3.8) is 0 Å². The van der Waals surface area contributed by atoms with Crippen LogP contribution >= 0.6 is 0 Å². The van der Waals surface area contributed by atoms with Gasteiger partial charge in [-0.3, -0.25) is 14.9 Å². The van der Waals surface area contributed by atoms with Crippen molar-refractivity contribution in [3.05, 3.63) is 35.9 Å². The molecule has 1 aromatic rings. The molecular weight excluding hydrogens is 374 g/mol. The zero-order valence-electron chi connectivity index (χ0n) is 18.7. The Morgan fingerprint density at radius 1 is 1.13 bits per heavy atom. The van der Waals surface area contributed by atoms with Gasteiger partial charge >= 0.3 is 0 Å². The molecule has 0 spiro atoms. The second kappa shape index (κ2) is 13.2. The maximum atomic E-state index is 12.9. The zero-order chi connectivity index (χ0) is 21.8. The van der Waals surface area contributed by atoms with Crippen molar-refractivity contribution in [2.75, 3.05) is 0 Å². The second-order valence-corrected chi connectivity index (χ2v) is 8.82. The summed E-state index contributed by atoms with van der Waals surface area (Å²) in [5.41, 5.74) is 7.15. The Bertz CT molecular complexity index is 681. The Hall–Kier alpha value is -2.17. The van der Waals surface area contributed by atoms with Crippen molar-refractivity contribution in [2.45, 2.75) is 90.5 Å². The van der Waals surface area contributed by atoms with Gasteiger partial charge in [0.25, 0.3) is 0 Å². The van der Waals surface area contributed by atoms with Gasteiger partial charge < -0.3 is 5.73 Å². The summed E-state index contributed by atoms with van der Waals surface area (Å²) in [6.45, 7) is 4.32. The van der Waals surface area contributed by atoms with Crippen LogP contribution in [0.4, 0.5) is 0 Å². The third-order valence-corrected chi connectivity index (χ3v) is 6.28. The average Bonchev–Trinajstić information content (AvgIpc) is 2.76. The van der Waals surface area contributed by atoms with E-state index in [0.29, 0.717) is 31.1 Å².